The largest absolute Gasteiger partial charge is 0.489 e. The molecule has 1 aliphatic rings. The number of nitrogens with one attached hydrogen (secondary N) is 2. The summed E-state index contributed by atoms with van der Waals surface area (Å²) in [4.78, 5) is 35.6. The third-order valence-electron chi connectivity index (χ3n) is 4.48. The lowest BCUT2D eigenvalue weighted by Gasteiger charge is -2.20. The van der Waals surface area contributed by atoms with Gasteiger partial charge in [0, 0.05) is 6.08 Å². The Balaban J connectivity index is 1.52. The second-order valence-electron chi connectivity index (χ2n) is 6.77. The van der Waals surface area contributed by atoms with Crippen molar-refractivity contribution in [1.82, 2.24) is 10.6 Å². The van der Waals surface area contributed by atoms with Crippen molar-refractivity contribution in [1.29, 1.82) is 0 Å². The molecule has 3 rings (SSSR count). The SMILES string of the molecule is CCOC(=O)C1=C(COC(=O)/C=C/c2ccc(OCc3ccccc3)cc2)NC(=O)NC1. The highest BCUT2D eigenvalue weighted by atomic mass is 16.5. The minimum absolute atomic E-state index is 0.00603. The van der Waals surface area contributed by atoms with Crippen LogP contribution in [0.4, 0.5) is 4.79 Å². The monoisotopic (exact) mass is 436 g/mol. The number of urea groups is 1. The zero-order valence-corrected chi connectivity index (χ0v) is 17.6. The summed E-state index contributed by atoms with van der Waals surface area (Å²) in [5.74, 6) is -0.470. The maximum Gasteiger partial charge on any atom is 0.337 e. The van der Waals surface area contributed by atoms with Crippen molar-refractivity contribution in [2.75, 3.05) is 19.8 Å². The standard InChI is InChI=1S/C24H24N2O6/c1-2-30-23(28)20-14-25-24(29)26-21(20)16-32-22(27)13-10-17-8-11-19(12-9-17)31-15-18-6-4-3-5-7-18/h3-13H,2,14-16H2,1H3,(H2,25,26,29)/b13-10+. The Morgan fingerprint density at radius 3 is 2.47 bits per heavy atom. The molecule has 0 fully saturated rings. The number of hydrogen-bond acceptors (Lipinski definition) is 6. The Morgan fingerprint density at radius 1 is 1.00 bits per heavy atom. The number of esters is 2. The van der Waals surface area contributed by atoms with Crippen molar-refractivity contribution < 1.29 is 28.6 Å². The van der Waals surface area contributed by atoms with Gasteiger partial charge in [0.1, 0.15) is 19.0 Å². The van der Waals surface area contributed by atoms with Gasteiger partial charge in [0.25, 0.3) is 0 Å². The van der Waals surface area contributed by atoms with E-state index in [1.165, 1.54) is 6.08 Å². The van der Waals surface area contributed by atoms with Gasteiger partial charge < -0.3 is 24.8 Å². The van der Waals surface area contributed by atoms with E-state index in [9.17, 15) is 14.4 Å². The number of carbonyl (C=O) groups is 3. The molecule has 166 valence electrons. The Bertz CT molecular complexity index is 1010. The smallest absolute Gasteiger partial charge is 0.337 e. The lowest BCUT2D eigenvalue weighted by molar-refractivity contribution is -0.140. The first-order valence-corrected chi connectivity index (χ1v) is 10.1. The summed E-state index contributed by atoms with van der Waals surface area (Å²) in [5.41, 5.74) is 2.28. The molecule has 2 aromatic rings. The molecule has 0 radical (unpaired) electrons. The molecule has 1 aliphatic heterocycles. The molecule has 2 aromatic carbocycles. The van der Waals surface area contributed by atoms with Gasteiger partial charge in [-0.3, -0.25) is 0 Å². The second-order valence-corrected chi connectivity index (χ2v) is 6.77. The first-order valence-electron chi connectivity index (χ1n) is 10.1. The van der Waals surface area contributed by atoms with E-state index in [0.29, 0.717) is 12.4 Å². The predicted molar refractivity (Wildman–Crippen MR) is 117 cm³/mol. The molecule has 0 saturated heterocycles. The summed E-state index contributed by atoms with van der Waals surface area (Å²) in [5, 5.41) is 4.96. The summed E-state index contributed by atoms with van der Waals surface area (Å²) in [6.07, 6.45) is 2.87. The fourth-order valence-electron chi connectivity index (χ4n) is 2.84. The highest BCUT2D eigenvalue weighted by Crippen LogP contribution is 2.15. The van der Waals surface area contributed by atoms with Crippen molar-refractivity contribution in [3.63, 3.8) is 0 Å². The van der Waals surface area contributed by atoms with Crippen LogP contribution in [0.3, 0.4) is 0 Å². The van der Waals surface area contributed by atoms with Gasteiger partial charge in [-0.1, -0.05) is 42.5 Å². The molecule has 0 saturated carbocycles. The molecule has 0 spiro atoms. The van der Waals surface area contributed by atoms with E-state index in [1.807, 2.05) is 54.6 Å². The molecule has 0 bridgehead atoms. The van der Waals surface area contributed by atoms with Gasteiger partial charge in [0.2, 0.25) is 0 Å². The predicted octanol–water partition coefficient (Wildman–Crippen LogP) is 2.95. The Labute approximate surface area is 185 Å². The molecule has 8 nitrogen and oxygen atoms in total. The number of amides is 2. The highest BCUT2D eigenvalue weighted by molar-refractivity contribution is 5.94. The Kier molecular flexibility index (Phi) is 8.02. The molecule has 2 N–H and O–H groups in total. The van der Waals surface area contributed by atoms with Gasteiger partial charge in [-0.15, -0.1) is 0 Å². The van der Waals surface area contributed by atoms with Gasteiger partial charge in [0.15, 0.2) is 0 Å². The first-order chi connectivity index (χ1) is 15.5. The lowest BCUT2D eigenvalue weighted by atomic mass is 10.1. The average molecular weight is 436 g/mol. The van der Waals surface area contributed by atoms with Crippen LogP contribution in [0.5, 0.6) is 5.75 Å². The number of carbonyl (C=O) groups excluding carboxylic acids is 3. The van der Waals surface area contributed by atoms with Crippen molar-refractivity contribution in [3.05, 3.63) is 83.1 Å². The number of hydrogen-bond donors (Lipinski definition) is 2. The van der Waals surface area contributed by atoms with Gasteiger partial charge in [-0.25, -0.2) is 14.4 Å². The van der Waals surface area contributed by atoms with Crippen molar-refractivity contribution in [3.8, 4) is 5.75 Å². The number of benzene rings is 2. The Morgan fingerprint density at radius 2 is 1.75 bits per heavy atom. The summed E-state index contributed by atoms with van der Waals surface area (Å²) in [7, 11) is 0. The summed E-state index contributed by atoms with van der Waals surface area (Å²) < 4.78 is 15.9. The van der Waals surface area contributed by atoms with Crippen LogP contribution in [0.25, 0.3) is 6.08 Å². The average Bonchev–Trinajstić information content (AvgIpc) is 2.81. The van der Waals surface area contributed by atoms with Crippen LogP contribution in [-0.2, 0) is 25.7 Å². The number of rotatable bonds is 9. The first kappa shape index (κ1) is 22.6. The molecule has 32 heavy (non-hydrogen) atoms. The fraction of sp³-hybridized carbons (Fsp3) is 0.208. The van der Waals surface area contributed by atoms with Crippen LogP contribution in [0, 0.1) is 0 Å². The van der Waals surface area contributed by atoms with E-state index in [1.54, 1.807) is 13.0 Å². The van der Waals surface area contributed by atoms with E-state index in [2.05, 4.69) is 10.6 Å². The van der Waals surface area contributed by atoms with Crippen LogP contribution in [0.1, 0.15) is 18.1 Å². The van der Waals surface area contributed by atoms with Crippen LogP contribution < -0.4 is 15.4 Å². The molecular weight excluding hydrogens is 412 g/mol. The molecule has 0 atom stereocenters. The van der Waals surface area contributed by atoms with Gasteiger partial charge in [-0.05, 0) is 36.3 Å². The van der Waals surface area contributed by atoms with Crippen molar-refractivity contribution in [2.24, 2.45) is 0 Å². The topological polar surface area (TPSA) is 103 Å². The summed E-state index contributed by atoms with van der Waals surface area (Å²) >= 11 is 0. The summed E-state index contributed by atoms with van der Waals surface area (Å²) in [6, 6.07) is 16.6. The van der Waals surface area contributed by atoms with Gasteiger partial charge in [-0.2, -0.15) is 0 Å². The number of ether oxygens (including phenoxy) is 3. The van der Waals surface area contributed by atoms with E-state index < -0.39 is 18.0 Å². The third-order valence-corrected chi connectivity index (χ3v) is 4.48. The van der Waals surface area contributed by atoms with Crippen LogP contribution in [-0.4, -0.2) is 37.7 Å². The molecule has 0 aromatic heterocycles. The molecule has 8 heteroatoms. The minimum atomic E-state index is -0.613. The minimum Gasteiger partial charge on any atom is -0.489 e. The Hall–Kier alpha value is -4.07. The molecule has 0 unspecified atom stereocenters. The van der Waals surface area contributed by atoms with E-state index in [4.69, 9.17) is 14.2 Å². The molecule has 0 aliphatic carbocycles. The zero-order valence-electron chi connectivity index (χ0n) is 17.6. The quantitative estimate of drug-likeness (QED) is 0.463. The maximum absolute atomic E-state index is 12.1. The third kappa shape index (κ3) is 6.73. The second kappa shape index (κ2) is 11.4. The van der Waals surface area contributed by atoms with Crippen LogP contribution >= 0.6 is 0 Å². The van der Waals surface area contributed by atoms with Gasteiger partial charge >= 0.3 is 18.0 Å². The summed E-state index contributed by atoms with van der Waals surface area (Å²) in [6.45, 7) is 2.10. The normalized spacial score (nSPS) is 13.3. The van der Waals surface area contributed by atoms with E-state index >= 15 is 0 Å². The maximum atomic E-state index is 12.1. The zero-order chi connectivity index (χ0) is 22.8. The van der Waals surface area contributed by atoms with Crippen molar-refractivity contribution >= 4 is 24.0 Å². The molecule has 1 heterocycles. The van der Waals surface area contributed by atoms with Crippen molar-refractivity contribution in [2.45, 2.75) is 13.5 Å². The fourth-order valence-corrected chi connectivity index (χ4v) is 2.84. The van der Waals surface area contributed by atoms with E-state index in [-0.39, 0.29) is 31.0 Å². The van der Waals surface area contributed by atoms with Crippen LogP contribution in [0.2, 0.25) is 0 Å². The lowest BCUT2D eigenvalue weighted by Crippen LogP contribution is -2.45. The van der Waals surface area contributed by atoms with Crippen LogP contribution in [0.15, 0.2) is 71.9 Å². The van der Waals surface area contributed by atoms with E-state index in [0.717, 1.165) is 11.1 Å². The molecular formula is C24H24N2O6. The highest BCUT2D eigenvalue weighted by Gasteiger charge is 2.24. The molecule has 2 amide bonds. The van der Waals surface area contributed by atoms with Gasteiger partial charge in [0.05, 0.1) is 24.4 Å².